The number of β-lactam (4-membered cyclic amide) rings is 1. The molecule has 2 aliphatic rings. The standard InChI is InChI=1S/C7H7NO3S.H2O/c9-5-3-6-8(5)4(7(10)11)1-2-12-6;/h1,6H,2-3H2,(H,10,11);1H2. The number of hydrogen-bond donors (Lipinski definition) is 1. The van der Waals surface area contributed by atoms with Crippen LogP contribution in [-0.4, -0.2) is 38.5 Å². The van der Waals surface area contributed by atoms with Crippen molar-refractivity contribution >= 4 is 23.6 Å². The molecule has 3 N–H and O–H groups in total. The number of fused-ring (bicyclic) bond motifs is 1. The molecule has 0 aromatic carbocycles. The van der Waals surface area contributed by atoms with E-state index in [4.69, 9.17) is 5.11 Å². The van der Waals surface area contributed by atoms with Crippen LogP contribution in [0.1, 0.15) is 6.42 Å². The van der Waals surface area contributed by atoms with Crippen molar-refractivity contribution in [2.24, 2.45) is 0 Å². The third-order valence-electron chi connectivity index (χ3n) is 1.95. The Labute approximate surface area is 78.7 Å². The van der Waals surface area contributed by atoms with Gasteiger partial charge in [0.25, 0.3) is 0 Å². The predicted molar refractivity (Wildman–Crippen MR) is 47.0 cm³/mol. The van der Waals surface area contributed by atoms with Crippen LogP contribution >= 0.6 is 11.8 Å². The summed E-state index contributed by atoms with van der Waals surface area (Å²) in [5, 5.41) is 8.78. The molecule has 1 atom stereocenters. The van der Waals surface area contributed by atoms with Gasteiger partial charge in [0.05, 0.1) is 11.8 Å². The van der Waals surface area contributed by atoms with Gasteiger partial charge in [-0.2, -0.15) is 0 Å². The van der Waals surface area contributed by atoms with Gasteiger partial charge in [0.1, 0.15) is 5.70 Å². The molecular formula is C7H9NO4S. The molecule has 0 aromatic rings. The molecule has 0 aliphatic carbocycles. The molecule has 0 saturated carbocycles. The summed E-state index contributed by atoms with van der Waals surface area (Å²) < 4.78 is 0. The fourth-order valence-corrected chi connectivity index (χ4v) is 2.45. The molecular weight excluding hydrogens is 194 g/mol. The summed E-state index contributed by atoms with van der Waals surface area (Å²) in [4.78, 5) is 23.0. The molecule has 0 aromatic heterocycles. The van der Waals surface area contributed by atoms with Gasteiger partial charge in [0.15, 0.2) is 0 Å². The van der Waals surface area contributed by atoms with Crippen LogP contribution < -0.4 is 0 Å². The minimum atomic E-state index is -1.01. The van der Waals surface area contributed by atoms with Gasteiger partial charge in [0, 0.05) is 5.75 Å². The molecule has 1 fully saturated rings. The van der Waals surface area contributed by atoms with E-state index >= 15 is 0 Å². The topological polar surface area (TPSA) is 89.1 Å². The lowest BCUT2D eigenvalue weighted by Gasteiger charge is -2.42. The van der Waals surface area contributed by atoms with E-state index in [2.05, 4.69) is 0 Å². The van der Waals surface area contributed by atoms with Crippen molar-refractivity contribution in [2.75, 3.05) is 5.75 Å². The first-order valence-electron chi connectivity index (χ1n) is 3.57. The van der Waals surface area contributed by atoms with E-state index in [9.17, 15) is 9.59 Å². The highest BCUT2D eigenvalue weighted by Gasteiger charge is 2.42. The van der Waals surface area contributed by atoms with Crippen LogP contribution in [0.4, 0.5) is 0 Å². The summed E-state index contributed by atoms with van der Waals surface area (Å²) in [5.41, 5.74) is 0.148. The number of carbonyl (C=O) groups is 2. The van der Waals surface area contributed by atoms with Gasteiger partial charge in [-0.25, -0.2) is 4.79 Å². The second-order valence-electron chi connectivity index (χ2n) is 2.65. The Kier molecular flexibility index (Phi) is 2.63. The van der Waals surface area contributed by atoms with Crippen molar-refractivity contribution in [3.63, 3.8) is 0 Å². The molecule has 0 radical (unpaired) electrons. The van der Waals surface area contributed by atoms with Crippen molar-refractivity contribution in [3.8, 4) is 0 Å². The zero-order valence-corrected chi connectivity index (χ0v) is 7.50. The largest absolute Gasteiger partial charge is 0.477 e. The lowest BCUT2D eigenvalue weighted by Crippen LogP contribution is -2.52. The summed E-state index contributed by atoms with van der Waals surface area (Å²) in [6, 6.07) is 0. The minimum absolute atomic E-state index is 0. The van der Waals surface area contributed by atoms with Crippen molar-refractivity contribution in [1.29, 1.82) is 0 Å². The lowest BCUT2D eigenvalue weighted by molar-refractivity contribution is -0.146. The zero-order valence-electron chi connectivity index (χ0n) is 6.69. The van der Waals surface area contributed by atoms with Crippen LogP contribution in [-0.2, 0) is 9.59 Å². The summed E-state index contributed by atoms with van der Waals surface area (Å²) in [5.74, 6) is -0.398. The number of aliphatic carboxylic acids is 1. The highest BCUT2D eigenvalue weighted by atomic mass is 32.2. The van der Waals surface area contributed by atoms with E-state index in [1.807, 2.05) is 0 Å². The highest BCUT2D eigenvalue weighted by Crippen LogP contribution is 2.36. The summed E-state index contributed by atoms with van der Waals surface area (Å²) in [6.45, 7) is 0. The van der Waals surface area contributed by atoms with Crippen LogP contribution in [0.3, 0.4) is 0 Å². The molecule has 1 unspecified atom stereocenters. The van der Waals surface area contributed by atoms with Gasteiger partial charge < -0.3 is 10.6 Å². The van der Waals surface area contributed by atoms with Gasteiger partial charge in [-0.3, -0.25) is 9.69 Å². The average molecular weight is 203 g/mol. The molecule has 2 rings (SSSR count). The smallest absolute Gasteiger partial charge is 0.352 e. The Hall–Kier alpha value is -1.01. The molecule has 13 heavy (non-hydrogen) atoms. The number of hydrogen-bond acceptors (Lipinski definition) is 3. The third kappa shape index (κ3) is 1.42. The lowest BCUT2D eigenvalue weighted by atomic mass is 10.1. The number of carboxylic acids is 1. The van der Waals surface area contributed by atoms with Gasteiger partial charge >= 0.3 is 5.97 Å². The predicted octanol–water partition coefficient (Wildman–Crippen LogP) is -0.565. The number of thioether (sulfide) groups is 1. The van der Waals surface area contributed by atoms with E-state index in [0.717, 1.165) is 0 Å². The van der Waals surface area contributed by atoms with Crippen LogP contribution in [0.5, 0.6) is 0 Å². The average Bonchev–Trinajstić information content (AvgIpc) is 2.01. The third-order valence-corrected chi connectivity index (χ3v) is 3.07. The normalized spacial score (nSPS) is 25.2. The van der Waals surface area contributed by atoms with Gasteiger partial charge in [-0.05, 0) is 6.08 Å². The number of carbonyl (C=O) groups excluding carboxylic acids is 1. The monoisotopic (exact) mass is 203 g/mol. The Balaban J connectivity index is 0.000000845. The van der Waals surface area contributed by atoms with Crippen LogP contribution in [0.2, 0.25) is 0 Å². The Morgan fingerprint density at radius 1 is 1.69 bits per heavy atom. The molecule has 2 heterocycles. The quantitative estimate of drug-likeness (QED) is 0.578. The van der Waals surface area contributed by atoms with Crippen molar-refractivity contribution in [1.82, 2.24) is 4.90 Å². The first-order valence-corrected chi connectivity index (χ1v) is 4.62. The molecule has 5 nitrogen and oxygen atoms in total. The SMILES string of the molecule is O.O=C(O)C1=CCSC2CC(=O)N12. The first kappa shape index (κ1) is 10.1. The van der Waals surface area contributed by atoms with E-state index < -0.39 is 5.97 Å². The highest BCUT2D eigenvalue weighted by molar-refractivity contribution is 8.00. The molecule has 6 heteroatoms. The second kappa shape index (κ2) is 3.39. The van der Waals surface area contributed by atoms with Gasteiger partial charge in [-0.15, -0.1) is 11.8 Å². The second-order valence-corrected chi connectivity index (χ2v) is 3.86. The molecule has 1 saturated heterocycles. The van der Waals surface area contributed by atoms with E-state index in [1.165, 1.54) is 4.90 Å². The molecule has 1 amide bonds. The number of carboxylic acid groups (broad SMARTS) is 1. The summed E-state index contributed by atoms with van der Waals surface area (Å²) in [7, 11) is 0. The number of nitrogens with zero attached hydrogens (tertiary/aromatic N) is 1. The van der Waals surface area contributed by atoms with Crippen molar-refractivity contribution in [2.45, 2.75) is 11.8 Å². The van der Waals surface area contributed by atoms with E-state index in [0.29, 0.717) is 12.2 Å². The number of rotatable bonds is 1. The summed E-state index contributed by atoms with van der Waals surface area (Å²) in [6.07, 6.45) is 2.07. The van der Waals surface area contributed by atoms with E-state index in [1.54, 1.807) is 17.8 Å². The van der Waals surface area contributed by atoms with Crippen molar-refractivity contribution < 1.29 is 20.2 Å². The van der Waals surface area contributed by atoms with E-state index in [-0.39, 0.29) is 22.5 Å². The molecule has 2 aliphatic heterocycles. The maximum atomic E-state index is 11.0. The Morgan fingerprint density at radius 2 is 2.38 bits per heavy atom. The maximum Gasteiger partial charge on any atom is 0.352 e. The van der Waals surface area contributed by atoms with Gasteiger partial charge in [0.2, 0.25) is 5.91 Å². The van der Waals surface area contributed by atoms with Crippen molar-refractivity contribution in [3.05, 3.63) is 11.8 Å². The minimum Gasteiger partial charge on any atom is -0.477 e. The fourth-order valence-electron chi connectivity index (χ4n) is 1.34. The molecule has 72 valence electrons. The Bertz CT molecular complexity index is 288. The van der Waals surface area contributed by atoms with Gasteiger partial charge in [-0.1, -0.05) is 0 Å². The first-order chi connectivity index (χ1) is 5.70. The number of amides is 1. The van der Waals surface area contributed by atoms with Crippen LogP contribution in [0.25, 0.3) is 0 Å². The fraction of sp³-hybridized carbons (Fsp3) is 0.429. The summed E-state index contributed by atoms with van der Waals surface area (Å²) >= 11 is 1.60. The Morgan fingerprint density at radius 3 is 2.85 bits per heavy atom. The molecule has 0 spiro atoms. The van der Waals surface area contributed by atoms with Crippen LogP contribution in [0.15, 0.2) is 11.8 Å². The zero-order chi connectivity index (χ0) is 8.72. The van der Waals surface area contributed by atoms with Crippen LogP contribution in [0, 0.1) is 0 Å². The molecule has 0 bridgehead atoms. The maximum absolute atomic E-state index is 11.0.